The number of carbonyl (C=O) groups excluding carboxylic acids is 1. The van der Waals surface area contributed by atoms with Gasteiger partial charge in [0.2, 0.25) is 0 Å². The first-order chi connectivity index (χ1) is 17.2. The Kier molecular flexibility index (Phi) is 7.31. The Bertz CT molecular complexity index is 1240. The zero-order valence-corrected chi connectivity index (χ0v) is 20.2. The quantitative estimate of drug-likeness (QED) is 0.318. The van der Waals surface area contributed by atoms with Crippen molar-refractivity contribution in [3.8, 4) is 10.4 Å². The van der Waals surface area contributed by atoms with Gasteiger partial charge in [-0.1, -0.05) is 36.4 Å². The van der Waals surface area contributed by atoms with Gasteiger partial charge in [0.05, 0.1) is 5.69 Å². The standard InChI is InChI=1S/C27H28N6OS/c34-27(30-23-17-24(35-19-23)21-9-13-28-14-10-21)32-25-7-4-8-26(31-25)33-15-11-22(12-16-33)29-18-20-5-2-1-3-6-20/h1-10,13-14,17,19,22,29H,11-12,15-16,18H2,(H2,30,31,32,34). The molecule has 2 amide bonds. The maximum Gasteiger partial charge on any atom is 0.324 e. The Hall–Kier alpha value is -3.75. The Morgan fingerprint density at radius 1 is 0.971 bits per heavy atom. The molecule has 178 valence electrons. The molecule has 0 radical (unpaired) electrons. The minimum atomic E-state index is -0.308. The highest BCUT2D eigenvalue weighted by Gasteiger charge is 2.20. The summed E-state index contributed by atoms with van der Waals surface area (Å²) in [5.41, 5.74) is 3.14. The molecule has 1 aliphatic heterocycles. The Morgan fingerprint density at radius 2 is 1.77 bits per heavy atom. The third-order valence-corrected chi connectivity index (χ3v) is 7.03. The molecule has 4 heterocycles. The molecule has 0 aliphatic carbocycles. The number of aromatic nitrogens is 2. The summed E-state index contributed by atoms with van der Waals surface area (Å²) >= 11 is 1.58. The maximum absolute atomic E-state index is 12.6. The summed E-state index contributed by atoms with van der Waals surface area (Å²) in [6, 6.07) is 22.3. The number of nitrogens with zero attached hydrogens (tertiary/aromatic N) is 3. The highest BCUT2D eigenvalue weighted by atomic mass is 32.1. The molecule has 0 atom stereocenters. The minimum Gasteiger partial charge on any atom is -0.356 e. The normalized spacial score (nSPS) is 14.0. The van der Waals surface area contributed by atoms with Crippen LogP contribution in [0, 0.1) is 0 Å². The van der Waals surface area contributed by atoms with Gasteiger partial charge in [-0.25, -0.2) is 9.78 Å². The number of thiophene rings is 1. The fourth-order valence-corrected chi connectivity index (χ4v) is 5.04. The van der Waals surface area contributed by atoms with Crippen LogP contribution in [0.1, 0.15) is 18.4 Å². The molecule has 1 aliphatic rings. The predicted octanol–water partition coefficient (Wildman–Crippen LogP) is 5.61. The van der Waals surface area contributed by atoms with Crippen LogP contribution < -0.4 is 20.9 Å². The van der Waals surface area contributed by atoms with Crippen molar-refractivity contribution in [2.45, 2.75) is 25.4 Å². The number of hydrogen-bond donors (Lipinski definition) is 3. The van der Waals surface area contributed by atoms with Gasteiger partial charge in [-0.15, -0.1) is 11.3 Å². The van der Waals surface area contributed by atoms with Crippen LogP contribution in [-0.4, -0.2) is 35.1 Å². The fourth-order valence-electron chi connectivity index (χ4n) is 4.19. The second kappa shape index (κ2) is 11.1. The van der Waals surface area contributed by atoms with Gasteiger partial charge in [0.25, 0.3) is 0 Å². The van der Waals surface area contributed by atoms with Gasteiger partial charge >= 0.3 is 6.03 Å². The molecule has 0 bridgehead atoms. The Balaban J connectivity index is 1.12. The van der Waals surface area contributed by atoms with Crippen molar-refractivity contribution >= 4 is 34.7 Å². The summed E-state index contributed by atoms with van der Waals surface area (Å²) in [4.78, 5) is 24.6. The number of anilines is 3. The van der Waals surface area contributed by atoms with Gasteiger partial charge in [-0.2, -0.15) is 0 Å². The zero-order chi connectivity index (χ0) is 23.9. The van der Waals surface area contributed by atoms with Gasteiger partial charge in [-0.3, -0.25) is 10.3 Å². The molecule has 4 aromatic rings. The number of pyridine rings is 2. The number of urea groups is 1. The van der Waals surface area contributed by atoms with Gasteiger partial charge in [0.15, 0.2) is 0 Å². The Labute approximate surface area is 209 Å². The second-order valence-corrected chi connectivity index (χ2v) is 9.43. The molecule has 0 spiro atoms. The predicted molar refractivity (Wildman–Crippen MR) is 143 cm³/mol. The van der Waals surface area contributed by atoms with Crippen molar-refractivity contribution in [2.75, 3.05) is 28.6 Å². The summed E-state index contributed by atoms with van der Waals surface area (Å²) in [6.45, 7) is 2.76. The zero-order valence-electron chi connectivity index (χ0n) is 19.4. The van der Waals surface area contributed by atoms with E-state index in [9.17, 15) is 4.79 Å². The lowest BCUT2D eigenvalue weighted by Gasteiger charge is -2.33. The van der Waals surface area contributed by atoms with E-state index in [1.807, 2.05) is 47.8 Å². The van der Waals surface area contributed by atoms with Crippen LogP contribution in [0.4, 0.5) is 22.1 Å². The molecule has 0 unspecified atom stereocenters. The van der Waals surface area contributed by atoms with Crippen molar-refractivity contribution in [2.24, 2.45) is 0 Å². The van der Waals surface area contributed by atoms with Gasteiger partial charge in [0, 0.05) is 48.3 Å². The maximum atomic E-state index is 12.6. The van der Waals surface area contributed by atoms with Crippen molar-refractivity contribution < 1.29 is 4.79 Å². The lowest BCUT2D eigenvalue weighted by atomic mass is 10.0. The lowest BCUT2D eigenvalue weighted by molar-refractivity contribution is 0.262. The summed E-state index contributed by atoms with van der Waals surface area (Å²) in [6.07, 6.45) is 5.64. The number of rotatable bonds is 7. The van der Waals surface area contributed by atoms with Crippen LogP contribution in [0.15, 0.2) is 84.5 Å². The number of benzene rings is 1. The SMILES string of the molecule is O=C(Nc1csc(-c2ccncc2)c1)Nc1cccc(N2CCC(NCc3ccccc3)CC2)n1. The van der Waals surface area contributed by atoms with Crippen molar-refractivity contribution in [3.63, 3.8) is 0 Å². The van der Waals surface area contributed by atoms with E-state index in [2.05, 4.69) is 55.1 Å². The first-order valence-corrected chi connectivity index (χ1v) is 12.7. The first-order valence-electron chi connectivity index (χ1n) is 11.8. The molecular weight excluding hydrogens is 456 g/mol. The monoisotopic (exact) mass is 484 g/mol. The van der Waals surface area contributed by atoms with Crippen LogP contribution in [0.5, 0.6) is 0 Å². The fraction of sp³-hybridized carbons (Fsp3) is 0.222. The molecule has 1 saturated heterocycles. The van der Waals surface area contributed by atoms with Gasteiger partial charge in [0.1, 0.15) is 11.6 Å². The summed E-state index contributed by atoms with van der Waals surface area (Å²) < 4.78 is 0. The van der Waals surface area contributed by atoms with Crippen molar-refractivity contribution in [1.29, 1.82) is 0 Å². The second-order valence-electron chi connectivity index (χ2n) is 8.52. The highest BCUT2D eigenvalue weighted by molar-refractivity contribution is 7.14. The number of carbonyl (C=O) groups is 1. The number of hydrogen-bond acceptors (Lipinski definition) is 6. The van der Waals surface area contributed by atoms with E-state index in [0.29, 0.717) is 11.9 Å². The van der Waals surface area contributed by atoms with Gasteiger partial charge < -0.3 is 15.5 Å². The van der Waals surface area contributed by atoms with Crippen molar-refractivity contribution in [1.82, 2.24) is 15.3 Å². The van der Waals surface area contributed by atoms with Crippen LogP contribution in [0.2, 0.25) is 0 Å². The average Bonchev–Trinajstić information content (AvgIpc) is 3.37. The number of amides is 2. The summed E-state index contributed by atoms with van der Waals surface area (Å²) in [7, 11) is 0. The average molecular weight is 485 g/mol. The van der Waals surface area contributed by atoms with Crippen molar-refractivity contribution in [3.05, 3.63) is 90.1 Å². The topological polar surface area (TPSA) is 82.2 Å². The van der Waals surface area contributed by atoms with E-state index in [1.165, 1.54) is 5.56 Å². The van der Waals surface area contributed by atoms with Crippen LogP contribution in [0.25, 0.3) is 10.4 Å². The molecular formula is C27H28N6OS. The summed E-state index contributed by atoms with van der Waals surface area (Å²) in [5, 5.41) is 11.4. The Morgan fingerprint density at radius 3 is 2.57 bits per heavy atom. The molecule has 1 fully saturated rings. The molecule has 8 heteroatoms. The molecule has 5 rings (SSSR count). The van der Waals surface area contributed by atoms with E-state index in [4.69, 9.17) is 0 Å². The first kappa shape index (κ1) is 23.0. The van der Waals surface area contributed by atoms with Crippen LogP contribution in [-0.2, 0) is 6.54 Å². The van der Waals surface area contributed by atoms with E-state index < -0.39 is 0 Å². The largest absolute Gasteiger partial charge is 0.356 e. The van der Waals surface area contributed by atoms with E-state index in [-0.39, 0.29) is 6.03 Å². The number of nitrogens with one attached hydrogen (secondary N) is 3. The third-order valence-electron chi connectivity index (χ3n) is 6.05. The smallest absolute Gasteiger partial charge is 0.324 e. The van der Waals surface area contributed by atoms with E-state index >= 15 is 0 Å². The van der Waals surface area contributed by atoms with Crippen LogP contribution in [0.3, 0.4) is 0 Å². The lowest BCUT2D eigenvalue weighted by Crippen LogP contribution is -2.42. The number of piperidine rings is 1. The molecule has 3 aromatic heterocycles. The molecule has 35 heavy (non-hydrogen) atoms. The van der Waals surface area contributed by atoms with Gasteiger partial charge in [-0.05, 0) is 54.3 Å². The van der Waals surface area contributed by atoms with E-state index in [1.54, 1.807) is 23.7 Å². The van der Waals surface area contributed by atoms with E-state index in [0.717, 1.165) is 54.4 Å². The molecule has 3 N–H and O–H groups in total. The highest BCUT2D eigenvalue weighted by Crippen LogP contribution is 2.29. The minimum absolute atomic E-state index is 0.308. The van der Waals surface area contributed by atoms with Crippen LogP contribution >= 0.6 is 11.3 Å². The molecule has 1 aromatic carbocycles. The third kappa shape index (κ3) is 6.23. The summed E-state index contributed by atoms with van der Waals surface area (Å²) in [5.74, 6) is 1.42. The molecule has 0 saturated carbocycles. The molecule has 7 nitrogen and oxygen atoms in total.